The normalized spacial score (nSPS) is 27.3. The Hall–Kier alpha value is -0.0800. The van der Waals surface area contributed by atoms with Gasteiger partial charge in [0.2, 0.25) is 0 Å². The van der Waals surface area contributed by atoms with Crippen molar-refractivity contribution in [1.29, 1.82) is 0 Å². The second kappa shape index (κ2) is 5.92. The number of rotatable bonds is 8. The molecule has 0 spiro atoms. The van der Waals surface area contributed by atoms with Crippen molar-refractivity contribution in [2.24, 2.45) is 17.3 Å². The SMILES string of the molecule is C(CCC1CCOCC1)CNCC1(C2CC2)CC1. The summed E-state index contributed by atoms with van der Waals surface area (Å²) >= 11 is 0. The Morgan fingerprint density at radius 2 is 1.78 bits per heavy atom. The zero-order valence-electron chi connectivity index (χ0n) is 11.8. The van der Waals surface area contributed by atoms with Crippen LogP contribution in [-0.2, 0) is 4.74 Å². The van der Waals surface area contributed by atoms with Crippen LogP contribution in [0.5, 0.6) is 0 Å². The second-order valence-corrected chi connectivity index (χ2v) is 6.86. The molecule has 0 unspecified atom stereocenters. The van der Waals surface area contributed by atoms with E-state index in [0.717, 1.165) is 30.5 Å². The first-order chi connectivity index (χ1) is 8.89. The maximum absolute atomic E-state index is 5.40. The Kier molecular flexibility index (Phi) is 4.25. The third-order valence-corrected chi connectivity index (χ3v) is 5.37. The lowest BCUT2D eigenvalue weighted by Gasteiger charge is -2.21. The molecule has 2 nitrogen and oxygen atoms in total. The molecule has 0 amide bonds. The second-order valence-electron chi connectivity index (χ2n) is 6.86. The minimum atomic E-state index is 0.778. The highest BCUT2D eigenvalue weighted by Gasteiger charge is 2.52. The molecule has 2 heteroatoms. The zero-order chi connectivity index (χ0) is 12.3. The van der Waals surface area contributed by atoms with Crippen LogP contribution in [0.1, 0.15) is 57.8 Å². The van der Waals surface area contributed by atoms with Crippen molar-refractivity contribution < 1.29 is 4.74 Å². The Balaban J connectivity index is 1.18. The largest absolute Gasteiger partial charge is 0.381 e. The van der Waals surface area contributed by atoms with E-state index < -0.39 is 0 Å². The van der Waals surface area contributed by atoms with Gasteiger partial charge in [-0.15, -0.1) is 0 Å². The topological polar surface area (TPSA) is 21.3 Å². The van der Waals surface area contributed by atoms with Crippen LogP contribution >= 0.6 is 0 Å². The van der Waals surface area contributed by atoms with Crippen LogP contribution in [0.2, 0.25) is 0 Å². The number of unbranched alkanes of at least 4 members (excludes halogenated alkanes) is 1. The maximum atomic E-state index is 5.40. The van der Waals surface area contributed by atoms with Crippen molar-refractivity contribution in [3.05, 3.63) is 0 Å². The highest BCUT2D eigenvalue weighted by atomic mass is 16.5. The zero-order valence-corrected chi connectivity index (χ0v) is 11.8. The standard InChI is InChI=1S/C16H29NO/c1(3-14-6-11-18-12-7-14)2-10-17-13-16(8-9-16)15-4-5-15/h14-15,17H,1-13H2. The summed E-state index contributed by atoms with van der Waals surface area (Å²) in [6, 6.07) is 0. The third kappa shape index (κ3) is 3.48. The predicted molar refractivity (Wildman–Crippen MR) is 74.7 cm³/mol. The van der Waals surface area contributed by atoms with Gasteiger partial charge in [0.15, 0.2) is 0 Å². The smallest absolute Gasteiger partial charge is 0.0468 e. The van der Waals surface area contributed by atoms with E-state index in [1.807, 2.05) is 0 Å². The average molecular weight is 251 g/mol. The highest BCUT2D eigenvalue weighted by molar-refractivity contribution is 5.04. The fourth-order valence-electron chi connectivity index (χ4n) is 3.64. The predicted octanol–water partition coefficient (Wildman–Crippen LogP) is 3.36. The monoisotopic (exact) mass is 251 g/mol. The van der Waals surface area contributed by atoms with Gasteiger partial charge in [0.25, 0.3) is 0 Å². The van der Waals surface area contributed by atoms with E-state index in [2.05, 4.69) is 5.32 Å². The van der Waals surface area contributed by atoms with E-state index in [4.69, 9.17) is 4.74 Å². The number of hydrogen-bond acceptors (Lipinski definition) is 2. The molecule has 0 bridgehead atoms. The summed E-state index contributed by atoms with van der Waals surface area (Å²) < 4.78 is 5.40. The molecule has 2 saturated carbocycles. The maximum Gasteiger partial charge on any atom is 0.0468 e. The molecular formula is C16H29NO. The molecule has 0 atom stereocenters. The summed E-state index contributed by atoms with van der Waals surface area (Å²) in [5, 5.41) is 3.72. The van der Waals surface area contributed by atoms with E-state index in [1.54, 1.807) is 0 Å². The van der Waals surface area contributed by atoms with Crippen LogP contribution in [0.3, 0.4) is 0 Å². The Labute approximate surface area is 112 Å². The Morgan fingerprint density at radius 3 is 2.44 bits per heavy atom. The van der Waals surface area contributed by atoms with Crippen LogP contribution in [0.15, 0.2) is 0 Å². The lowest BCUT2D eigenvalue weighted by molar-refractivity contribution is 0.0631. The van der Waals surface area contributed by atoms with Crippen molar-refractivity contribution in [3.63, 3.8) is 0 Å². The van der Waals surface area contributed by atoms with Gasteiger partial charge in [0.05, 0.1) is 0 Å². The third-order valence-electron chi connectivity index (χ3n) is 5.37. The highest BCUT2D eigenvalue weighted by Crippen LogP contribution is 2.60. The quantitative estimate of drug-likeness (QED) is 0.668. The van der Waals surface area contributed by atoms with Gasteiger partial charge in [0.1, 0.15) is 0 Å². The van der Waals surface area contributed by atoms with Crippen LogP contribution in [0.4, 0.5) is 0 Å². The van der Waals surface area contributed by atoms with Crippen molar-refractivity contribution in [3.8, 4) is 0 Å². The average Bonchev–Trinajstić information content (AvgIpc) is 3.28. The number of ether oxygens (including phenoxy) is 1. The first-order valence-corrected chi connectivity index (χ1v) is 8.18. The molecule has 1 saturated heterocycles. The van der Waals surface area contributed by atoms with Crippen molar-refractivity contribution in [2.45, 2.75) is 57.8 Å². The first-order valence-electron chi connectivity index (χ1n) is 8.18. The van der Waals surface area contributed by atoms with Crippen LogP contribution < -0.4 is 5.32 Å². The molecule has 3 aliphatic rings. The van der Waals surface area contributed by atoms with E-state index in [9.17, 15) is 0 Å². The minimum absolute atomic E-state index is 0.778. The molecule has 104 valence electrons. The van der Waals surface area contributed by atoms with E-state index in [0.29, 0.717) is 0 Å². The molecular weight excluding hydrogens is 222 g/mol. The molecule has 0 aromatic heterocycles. The first kappa shape index (κ1) is 12.9. The Bertz CT molecular complexity index is 252. The summed E-state index contributed by atoms with van der Waals surface area (Å²) in [4.78, 5) is 0. The lowest BCUT2D eigenvalue weighted by Crippen LogP contribution is -2.26. The van der Waals surface area contributed by atoms with Crippen molar-refractivity contribution >= 4 is 0 Å². The van der Waals surface area contributed by atoms with Gasteiger partial charge in [-0.25, -0.2) is 0 Å². The molecule has 3 rings (SSSR count). The Morgan fingerprint density at radius 1 is 1.00 bits per heavy atom. The molecule has 1 aliphatic heterocycles. The van der Waals surface area contributed by atoms with Gasteiger partial charge in [0, 0.05) is 19.8 Å². The molecule has 1 N–H and O–H groups in total. The number of nitrogens with one attached hydrogen (secondary N) is 1. The lowest BCUT2D eigenvalue weighted by atomic mass is 9.94. The van der Waals surface area contributed by atoms with Crippen LogP contribution in [0, 0.1) is 17.3 Å². The fraction of sp³-hybridized carbons (Fsp3) is 1.00. The van der Waals surface area contributed by atoms with Gasteiger partial charge in [-0.05, 0) is 68.7 Å². The molecule has 0 radical (unpaired) electrons. The van der Waals surface area contributed by atoms with Gasteiger partial charge >= 0.3 is 0 Å². The van der Waals surface area contributed by atoms with Crippen LogP contribution in [-0.4, -0.2) is 26.3 Å². The fourth-order valence-corrected chi connectivity index (χ4v) is 3.64. The summed E-state index contributed by atoms with van der Waals surface area (Å²) in [6.45, 7) is 4.58. The van der Waals surface area contributed by atoms with Gasteiger partial charge in [-0.3, -0.25) is 0 Å². The number of hydrogen-bond donors (Lipinski definition) is 1. The van der Waals surface area contributed by atoms with E-state index in [-0.39, 0.29) is 0 Å². The van der Waals surface area contributed by atoms with Crippen LogP contribution in [0.25, 0.3) is 0 Å². The van der Waals surface area contributed by atoms with E-state index >= 15 is 0 Å². The summed E-state index contributed by atoms with van der Waals surface area (Å²) in [7, 11) is 0. The van der Waals surface area contributed by atoms with Gasteiger partial charge in [-0.1, -0.05) is 12.8 Å². The van der Waals surface area contributed by atoms with E-state index in [1.165, 1.54) is 70.9 Å². The molecule has 2 aliphatic carbocycles. The minimum Gasteiger partial charge on any atom is -0.381 e. The van der Waals surface area contributed by atoms with Gasteiger partial charge < -0.3 is 10.1 Å². The van der Waals surface area contributed by atoms with Crippen molar-refractivity contribution in [1.82, 2.24) is 5.32 Å². The molecule has 0 aromatic carbocycles. The molecule has 3 fully saturated rings. The van der Waals surface area contributed by atoms with Gasteiger partial charge in [-0.2, -0.15) is 0 Å². The van der Waals surface area contributed by atoms with Crippen molar-refractivity contribution in [2.75, 3.05) is 26.3 Å². The molecule has 18 heavy (non-hydrogen) atoms. The molecule has 0 aromatic rings. The molecule has 1 heterocycles. The summed E-state index contributed by atoms with van der Waals surface area (Å²) in [5.41, 5.74) is 0.778. The summed E-state index contributed by atoms with van der Waals surface area (Å²) in [5.74, 6) is 2.06. The summed E-state index contributed by atoms with van der Waals surface area (Å²) in [6.07, 6.45) is 12.9.